The van der Waals surface area contributed by atoms with Gasteiger partial charge >= 0.3 is 6.03 Å². The summed E-state index contributed by atoms with van der Waals surface area (Å²) in [5.41, 5.74) is 4.11. The molecule has 0 fully saturated rings. The SMILES string of the molecule is O=C(NCc1cccs1)NCC(c1ccsc1)N1CCc2ccccc2C1. The molecule has 0 aliphatic carbocycles. The third-order valence-corrected chi connectivity index (χ3v) is 6.57. The van der Waals surface area contributed by atoms with Crippen LogP contribution in [0, 0.1) is 0 Å². The molecule has 2 N–H and O–H groups in total. The van der Waals surface area contributed by atoms with Crippen LogP contribution < -0.4 is 10.6 Å². The number of nitrogens with zero attached hydrogens (tertiary/aromatic N) is 1. The number of hydrogen-bond acceptors (Lipinski definition) is 4. The fourth-order valence-corrected chi connectivity index (χ4v) is 4.89. The lowest BCUT2D eigenvalue weighted by Gasteiger charge is -2.35. The Morgan fingerprint density at radius 3 is 2.74 bits per heavy atom. The number of hydrogen-bond donors (Lipinski definition) is 2. The van der Waals surface area contributed by atoms with E-state index < -0.39 is 0 Å². The molecular formula is C21H23N3OS2. The average molecular weight is 398 g/mol. The second-order valence-electron chi connectivity index (χ2n) is 6.70. The minimum atomic E-state index is -0.110. The number of benzene rings is 1. The molecule has 1 unspecified atom stereocenters. The molecular weight excluding hydrogens is 374 g/mol. The fraction of sp³-hybridized carbons (Fsp3) is 0.286. The first-order chi connectivity index (χ1) is 13.3. The van der Waals surface area contributed by atoms with Gasteiger partial charge in [0.2, 0.25) is 0 Å². The van der Waals surface area contributed by atoms with Gasteiger partial charge in [-0.25, -0.2) is 4.79 Å². The first kappa shape index (κ1) is 18.2. The van der Waals surface area contributed by atoms with Gasteiger partial charge in [0.15, 0.2) is 0 Å². The van der Waals surface area contributed by atoms with E-state index >= 15 is 0 Å². The van der Waals surface area contributed by atoms with Gasteiger partial charge in [-0.05, 0) is 51.4 Å². The number of amides is 2. The summed E-state index contributed by atoms with van der Waals surface area (Å²) < 4.78 is 0. The molecule has 0 saturated heterocycles. The molecule has 27 heavy (non-hydrogen) atoms. The van der Waals surface area contributed by atoms with Crippen LogP contribution in [0.15, 0.2) is 58.6 Å². The number of urea groups is 1. The van der Waals surface area contributed by atoms with Crippen molar-refractivity contribution in [1.82, 2.24) is 15.5 Å². The Morgan fingerprint density at radius 2 is 1.96 bits per heavy atom. The van der Waals surface area contributed by atoms with Crippen molar-refractivity contribution in [3.63, 3.8) is 0 Å². The molecule has 1 aromatic carbocycles. The smallest absolute Gasteiger partial charge is 0.315 e. The summed E-state index contributed by atoms with van der Waals surface area (Å²) in [6.45, 7) is 3.12. The molecule has 0 bridgehead atoms. The normalized spacial score (nSPS) is 15.1. The number of carbonyl (C=O) groups excluding carboxylic acids is 1. The zero-order valence-corrected chi connectivity index (χ0v) is 16.7. The molecule has 6 heteroatoms. The van der Waals surface area contributed by atoms with E-state index in [1.165, 1.54) is 16.7 Å². The molecule has 0 saturated carbocycles. The topological polar surface area (TPSA) is 44.4 Å². The predicted octanol–water partition coefficient (Wildman–Crippen LogP) is 4.41. The van der Waals surface area contributed by atoms with Gasteiger partial charge in [0.05, 0.1) is 12.6 Å². The van der Waals surface area contributed by atoms with Gasteiger partial charge in [0, 0.05) is 24.5 Å². The average Bonchev–Trinajstić information content (AvgIpc) is 3.41. The highest BCUT2D eigenvalue weighted by atomic mass is 32.1. The molecule has 0 radical (unpaired) electrons. The largest absolute Gasteiger partial charge is 0.336 e. The van der Waals surface area contributed by atoms with Gasteiger partial charge < -0.3 is 10.6 Å². The third kappa shape index (κ3) is 4.58. The van der Waals surface area contributed by atoms with Crippen molar-refractivity contribution in [3.05, 3.63) is 80.2 Å². The van der Waals surface area contributed by atoms with Crippen LogP contribution in [-0.4, -0.2) is 24.0 Å². The van der Waals surface area contributed by atoms with Crippen molar-refractivity contribution in [3.8, 4) is 0 Å². The van der Waals surface area contributed by atoms with Crippen LogP contribution in [-0.2, 0) is 19.5 Å². The van der Waals surface area contributed by atoms with Crippen molar-refractivity contribution >= 4 is 28.7 Å². The van der Waals surface area contributed by atoms with Crippen LogP contribution in [0.5, 0.6) is 0 Å². The molecule has 3 aromatic rings. The number of nitrogens with one attached hydrogen (secondary N) is 2. The van der Waals surface area contributed by atoms with Gasteiger partial charge in [0.1, 0.15) is 0 Å². The van der Waals surface area contributed by atoms with Gasteiger partial charge in [-0.2, -0.15) is 11.3 Å². The maximum atomic E-state index is 12.3. The molecule has 2 aromatic heterocycles. The summed E-state index contributed by atoms with van der Waals surface area (Å²) in [7, 11) is 0. The number of fused-ring (bicyclic) bond motifs is 1. The second kappa shape index (κ2) is 8.69. The van der Waals surface area contributed by atoms with E-state index in [-0.39, 0.29) is 12.1 Å². The Kier molecular flexibility index (Phi) is 5.87. The van der Waals surface area contributed by atoms with Crippen molar-refractivity contribution in [2.75, 3.05) is 13.1 Å². The van der Waals surface area contributed by atoms with E-state index in [4.69, 9.17) is 0 Å². The Hall–Kier alpha value is -2.15. The molecule has 3 heterocycles. The zero-order valence-electron chi connectivity index (χ0n) is 15.1. The van der Waals surface area contributed by atoms with E-state index in [1.54, 1.807) is 22.7 Å². The molecule has 1 aliphatic rings. The lowest BCUT2D eigenvalue weighted by molar-refractivity contribution is 0.174. The standard InChI is InChI=1S/C21H23N3OS2/c25-21(22-12-19-6-3-10-27-19)23-13-20(18-8-11-26-15-18)24-9-7-16-4-1-2-5-17(16)14-24/h1-6,8,10-11,15,20H,7,9,12-14H2,(H2,22,23,25). The molecule has 2 amide bonds. The first-order valence-corrected chi connectivity index (χ1v) is 11.0. The van der Waals surface area contributed by atoms with Crippen LogP contribution in [0.25, 0.3) is 0 Å². The Morgan fingerprint density at radius 1 is 1.07 bits per heavy atom. The van der Waals surface area contributed by atoms with E-state index in [0.29, 0.717) is 13.1 Å². The monoisotopic (exact) mass is 397 g/mol. The van der Waals surface area contributed by atoms with E-state index in [9.17, 15) is 4.79 Å². The minimum absolute atomic E-state index is 0.110. The number of rotatable bonds is 6. The minimum Gasteiger partial charge on any atom is -0.336 e. The predicted molar refractivity (Wildman–Crippen MR) is 112 cm³/mol. The van der Waals surface area contributed by atoms with E-state index in [0.717, 1.165) is 24.4 Å². The van der Waals surface area contributed by atoms with Crippen molar-refractivity contribution < 1.29 is 4.79 Å². The number of thiophene rings is 2. The number of carbonyl (C=O) groups is 1. The van der Waals surface area contributed by atoms with Gasteiger partial charge in [-0.1, -0.05) is 30.3 Å². The summed E-state index contributed by atoms with van der Waals surface area (Å²) in [4.78, 5) is 15.9. The Bertz CT molecular complexity index is 861. The summed E-state index contributed by atoms with van der Waals surface area (Å²) >= 11 is 3.36. The lowest BCUT2D eigenvalue weighted by atomic mass is 9.97. The summed E-state index contributed by atoms with van der Waals surface area (Å²) in [6, 6.07) is 14.9. The van der Waals surface area contributed by atoms with Crippen LogP contribution >= 0.6 is 22.7 Å². The molecule has 4 rings (SSSR count). The maximum Gasteiger partial charge on any atom is 0.315 e. The van der Waals surface area contributed by atoms with Crippen LogP contribution in [0.2, 0.25) is 0 Å². The maximum absolute atomic E-state index is 12.3. The van der Waals surface area contributed by atoms with Gasteiger partial charge in [0.25, 0.3) is 0 Å². The molecule has 1 aliphatic heterocycles. The van der Waals surface area contributed by atoms with Crippen LogP contribution in [0.4, 0.5) is 4.79 Å². The zero-order chi connectivity index (χ0) is 18.5. The lowest BCUT2D eigenvalue weighted by Crippen LogP contribution is -2.43. The Labute approximate surface area is 167 Å². The summed E-state index contributed by atoms with van der Waals surface area (Å²) in [5, 5.41) is 12.3. The Balaban J connectivity index is 1.39. The van der Waals surface area contributed by atoms with Crippen LogP contribution in [0.3, 0.4) is 0 Å². The highest BCUT2D eigenvalue weighted by Gasteiger charge is 2.25. The molecule has 4 nitrogen and oxygen atoms in total. The van der Waals surface area contributed by atoms with Gasteiger partial charge in [-0.3, -0.25) is 4.90 Å². The van der Waals surface area contributed by atoms with Crippen molar-refractivity contribution in [2.24, 2.45) is 0 Å². The molecule has 0 spiro atoms. The highest BCUT2D eigenvalue weighted by Crippen LogP contribution is 2.28. The summed E-state index contributed by atoms with van der Waals surface area (Å²) in [6.07, 6.45) is 1.06. The highest BCUT2D eigenvalue weighted by molar-refractivity contribution is 7.09. The van der Waals surface area contributed by atoms with Crippen molar-refractivity contribution in [2.45, 2.75) is 25.6 Å². The first-order valence-electron chi connectivity index (χ1n) is 9.16. The second-order valence-corrected chi connectivity index (χ2v) is 8.52. The van der Waals surface area contributed by atoms with E-state index in [2.05, 4.69) is 56.6 Å². The summed E-state index contributed by atoms with van der Waals surface area (Å²) in [5.74, 6) is 0. The fourth-order valence-electron chi connectivity index (χ4n) is 3.54. The molecule has 140 valence electrons. The van der Waals surface area contributed by atoms with Crippen molar-refractivity contribution in [1.29, 1.82) is 0 Å². The molecule has 1 atom stereocenters. The van der Waals surface area contributed by atoms with E-state index in [1.807, 2.05) is 17.5 Å². The van der Waals surface area contributed by atoms with Gasteiger partial charge in [-0.15, -0.1) is 11.3 Å². The van der Waals surface area contributed by atoms with Crippen LogP contribution in [0.1, 0.15) is 27.6 Å². The quantitative estimate of drug-likeness (QED) is 0.647. The third-order valence-electron chi connectivity index (χ3n) is 4.99.